The smallest absolute Gasteiger partial charge is 0.223 e. The number of aromatic nitrogens is 4. The van der Waals surface area contributed by atoms with Gasteiger partial charge in [0.05, 0.1) is 0 Å². The fraction of sp³-hybridized carbons (Fsp3) is 0.280. The van der Waals surface area contributed by atoms with Crippen LogP contribution in [0.25, 0.3) is 5.65 Å². The molecule has 0 unspecified atom stereocenters. The Morgan fingerprint density at radius 1 is 0.912 bits per heavy atom. The summed E-state index contributed by atoms with van der Waals surface area (Å²) in [6.45, 7) is 3.76. The number of fused-ring (bicyclic) bond motifs is 1. The first-order chi connectivity index (χ1) is 16.7. The summed E-state index contributed by atoms with van der Waals surface area (Å²) >= 11 is 5.95. The Hall–Kier alpha value is -3.65. The van der Waals surface area contributed by atoms with Crippen molar-refractivity contribution in [3.63, 3.8) is 0 Å². The zero-order valence-corrected chi connectivity index (χ0v) is 19.5. The highest BCUT2D eigenvalue weighted by molar-refractivity contribution is 6.30. The van der Waals surface area contributed by atoms with Crippen molar-refractivity contribution in [1.29, 1.82) is 0 Å². The molecule has 0 aliphatic carbocycles. The standard InChI is InChI=1S/C25H26ClN7O/c26-20-8-6-19(7-9-20)18-27-22-10-11-23-28-29-24(33(23)30-22)12-13-25(34)32-16-14-31(15-17-32)21-4-2-1-3-5-21/h1-11H,12-18H2,(H,27,30). The molecule has 1 saturated heterocycles. The first kappa shape index (κ1) is 22.2. The molecule has 0 atom stereocenters. The number of aryl methyl sites for hydroxylation is 1. The fourth-order valence-corrected chi connectivity index (χ4v) is 4.23. The van der Waals surface area contributed by atoms with Crippen molar-refractivity contribution in [2.75, 3.05) is 36.4 Å². The van der Waals surface area contributed by atoms with Gasteiger partial charge in [0.1, 0.15) is 5.82 Å². The highest BCUT2D eigenvalue weighted by Crippen LogP contribution is 2.17. The van der Waals surface area contributed by atoms with Gasteiger partial charge in [0.25, 0.3) is 0 Å². The number of carbonyl (C=O) groups is 1. The molecule has 5 rings (SSSR count). The van der Waals surface area contributed by atoms with Gasteiger partial charge in [-0.1, -0.05) is 41.9 Å². The summed E-state index contributed by atoms with van der Waals surface area (Å²) in [5.74, 6) is 1.54. The number of hydrogen-bond acceptors (Lipinski definition) is 6. The SMILES string of the molecule is O=C(CCc1nnc2ccc(NCc3ccc(Cl)cc3)nn12)N1CCN(c2ccccc2)CC1. The van der Waals surface area contributed by atoms with Gasteiger partial charge in [-0.2, -0.15) is 4.52 Å². The Bertz CT molecular complexity index is 1250. The van der Waals surface area contributed by atoms with Gasteiger partial charge in [-0.15, -0.1) is 15.3 Å². The molecule has 0 saturated carbocycles. The summed E-state index contributed by atoms with van der Waals surface area (Å²) in [6, 6.07) is 21.8. The van der Waals surface area contributed by atoms with Crippen LogP contribution in [0.3, 0.4) is 0 Å². The van der Waals surface area contributed by atoms with Gasteiger partial charge in [0.15, 0.2) is 11.5 Å². The lowest BCUT2D eigenvalue weighted by Crippen LogP contribution is -2.48. The Labute approximate surface area is 203 Å². The van der Waals surface area contributed by atoms with Crippen LogP contribution >= 0.6 is 11.6 Å². The average molecular weight is 476 g/mol. The predicted molar refractivity (Wildman–Crippen MR) is 133 cm³/mol. The third-order valence-electron chi connectivity index (χ3n) is 6.03. The third kappa shape index (κ3) is 5.12. The summed E-state index contributed by atoms with van der Waals surface area (Å²) < 4.78 is 1.71. The van der Waals surface area contributed by atoms with E-state index < -0.39 is 0 Å². The highest BCUT2D eigenvalue weighted by atomic mass is 35.5. The molecule has 2 aromatic carbocycles. The molecular formula is C25H26ClN7O. The van der Waals surface area contributed by atoms with Crippen molar-refractivity contribution >= 4 is 34.7 Å². The van der Waals surface area contributed by atoms with Gasteiger partial charge >= 0.3 is 0 Å². The zero-order chi connectivity index (χ0) is 23.3. The summed E-state index contributed by atoms with van der Waals surface area (Å²) in [4.78, 5) is 17.1. The van der Waals surface area contributed by atoms with Gasteiger partial charge in [-0.3, -0.25) is 4.79 Å². The highest BCUT2D eigenvalue weighted by Gasteiger charge is 2.21. The van der Waals surface area contributed by atoms with Crippen molar-refractivity contribution in [2.24, 2.45) is 0 Å². The maximum atomic E-state index is 12.8. The molecule has 1 fully saturated rings. The van der Waals surface area contributed by atoms with E-state index in [9.17, 15) is 4.79 Å². The molecule has 1 N–H and O–H groups in total. The number of rotatable bonds is 7. The molecule has 1 aliphatic heterocycles. The molecule has 0 bridgehead atoms. The van der Waals surface area contributed by atoms with Crippen LogP contribution in [0, 0.1) is 0 Å². The van der Waals surface area contributed by atoms with Crippen LogP contribution < -0.4 is 10.2 Å². The number of benzene rings is 2. The lowest BCUT2D eigenvalue weighted by molar-refractivity contribution is -0.131. The van der Waals surface area contributed by atoms with Gasteiger partial charge in [-0.05, 0) is 42.0 Å². The minimum atomic E-state index is 0.140. The lowest BCUT2D eigenvalue weighted by Gasteiger charge is -2.36. The van der Waals surface area contributed by atoms with Crippen LogP contribution in [-0.4, -0.2) is 56.8 Å². The van der Waals surface area contributed by atoms with Gasteiger partial charge in [0, 0.05) is 56.3 Å². The van der Waals surface area contributed by atoms with Crippen LogP contribution in [-0.2, 0) is 17.8 Å². The van der Waals surface area contributed by atoms with Crippen molar-refractivity contribution in [3.05, 3.63) is 83.1 Å². The van der Waals surface area contributed by atoms with E-state index in [1.807, 2.05) is 59.5 Å². The number of amides is 1. The molecular weight excluding hydrogens is 450 g/mol. The molecule has 9 heteroatoms. The largest absolute Gasteiger partial charge is 0.368 e. The van der Waals surface area contributed by atoms with Crippen molar-refractivity contribution < 1.29 is 4.79 Å². The van der Waals surface area contributed by atoms with Gasteiger partial charge in [-0.25, -0.2) is 0 Å². The molecule has 3 heterocycles. The molecule has 34 heavy (non-hydrogen) atoms. The normalized spacial score (nSPS) is 13.9. The summed E-state index contributed by atoms with van der Waals surface area (Å²) in [7, 11) is 0. The Morgan fingerprint density at radius 3 is 2.44 bits per heavy atom. The molecule has 0 spiro atoms. The van der Waals surface area contributed by atoms with Gasteiger partial charge < -0.3 is 15.1 Å². The molecule has 0 radical (unpaired) electrons. The van der Waals surface area contributed by atoms with E-state index in [1.54, 1.807) is 4.52 Å². The van der Waals surface area contributed by atoms with E-state index in [2.05, 4.69) is 37.6 Å². The van der Waals surface area contributed by atoms with Crippen molar-refractivity contribution in [3.8, 4) is 0 Å². The van der Waals surface area contributed by atoms with Crippen LogP contribution in [0.4, 0.5) is 11.5 Å². The molecule has 2 aromatic heterocycles. The second-order valence-corrected chi connectivity index (χ2v) is 8.72. The Balaban J connectivity index is 1.16. The fourth-order valence-electron chi connectivity index (χ4n) is 4.11. The number of nitrogens with zero attached hydrogens (tertiary/aromatic N) is 6. The second-order valence-electron chi connectivity index (χ2n) is 8.29. The lowest BCUT2D eigenvalue weighted by atomic mass is 10.2. The molecule has 4 aromatic rings. The Morgan fingerprint density at radius 2 is 1.68 bits per heavy atom. The minimum absolute atomic E-state index is 0.140. The third-order valence-corrected chi connectivity index (χ3v) is 6.28. The Kier molecular flexibility index (Phi) is 6.58. The van der Waals surface area contributed by atoms with Crippen LogP contribution in [0.15, 0.2) is 66.7 Å². The number of anilines is 2. The quantitative estimate of drug-likeness (QED) is 0.439. The summed E-state index contributed by atoms with van der Waals surface area (Å²) in [5.41, 5.74) is 2.97. The number of piperazine rings is 1. The number of nitrogens with one attached hydrogen (secondary N) is 1. The number of hydrogen-bond donors (Lipinski definition) is 1. The second kappa shape index (κ2) is 10.1. The topological polar surface area (TPSA) is 78.7 Å². The van der Waals surface area contributed by atoms with Crippen LogP contribution in [0.2, 0.25) is 5.02 Å². The van der Waals surface area contributed by atoms with E-state index in [4.69, 9.17) is 11.6 Å². The number of carbonyl (C=O) groups excluding carboxylic acids is 1. The molecule has 8 nitrogen and oxygen atoms in total. The van der Waals surface area contributed by atoms with E-state index >= 15 is 0 Å². The molecule has 1 aliphatic rings. The van der Waals surface area contributed by atoms with E-state index in [0.29, 0.717) is 41.7 Å². The van der Waals surface area contributed by atoms with Crippen molar-refractivity contribution in [2.45, 2.75) is 19.4 Å². The van der Waals surface area contributed by atoms with E-state index in [-0.39, 0.29) is 5.91 Å². The first-order valence-electron chi connectivity index (χ1n) is 11.4. The van der Waals surface area contributed by atoms with Crippen LogP contribution in [0.5, 0.6) is 0 Å². The van der Waals surface area contributed by atoms with Crippen LogP contribution in [0.1, 0.15) is 17.8 Å². The summed E-state index contributed by atoms with van der Waals surface area (Å²) in [5, 5.41) is 17.1. The molecule has 1 amide bonds. The maximum Gasteiger partial charge on any atom is 0.223 e. The molecule has 174 valence electrons. The van der Waals surface area contributed by atoms with E-state index in [0.717, 1.165) is 31.7 Å². The monoisotopic (exact) mass is 475 g/mol. The zero-order valence-electron chi connectivity index (χ0n) is 18.8. The minimum Gasteiger partial charge on any atom is -0.368 e. The maximum absolute atomic E-state index is 12.8. The van der Waals surface area contributed by atoms with Crippen molar-refractivity contribution in [1.82, 2.24) is 24.7 Å². The average Bonchev–Trinajstić information content (AvgIpc) is 3.30. The number of para-hydroxylation sites is 1. The predicted octanol–water partition coefficient (Wildman–Crippen LogP) is 3.67. The first-order valence-corrected chi connectivity index (χ1v) is 11.8. The number of halogens is 1. The summed E-state index contributed by atoms with van der Waals surface area (Å²) in [6.07, 6.45) is 0.878. The van der Waals surface area contributed by atoms with Gasteiger partial charge in [0.2, 0.25) is 5.91 Å². The van der Waals surface area contributed by atoms with E-state index in [1.165, 1.54) is 5.69 Å².